The Kier molecular flexibility index (Phi) is 6.88. The topological polar surface area (TPSA) is 111 Å². The predicted molar refractivity (Wildman–Crippen MR) is 107 cm³/mol. The van der Waals surface area contributed by atoms with Crippen LogP contribution in [0.4, 0.5) is 0 Å². The van der Waals surface area contributed by atoms with E-state index in [0.717, 1.165) is 35.5 Å². The highest BCUT2D eigenvalue weighted by Crippen LogP contribution is 2.41. The fourth-order valence-corrected chi connectivity index (χ4v) is 4.77. The van der Waals surface area contributed by atoms with Gasteiger partial charge in [0.25, 0.3) is 15.9 Å². The van der Waals surface area contributed by atoms with Crippen LogP contribution in [0.25, 0.3) is 0 Å². The zero-order valence-electron chi connectivity index (χ0n) is 15.8. The number of nitrogens with one attached hydrogen (secondary N) is 2. The zero-order chi connectivity index (χ0) is 20.9. The predicted octanol–water partition coefficient (Wildman–Crippen LogP) is 1.85. The minimum atomic E-state index is -3.76. The number of carbonyl (C=O) groups is 2. The van der Waals surface area contributed by atoms with Crippen LogP contribution in [0.3, 0.4) is 0 Å². The molecule has 1 atom stereocenters. The normalized spacial score (nSPS) is 14.8. The van der Waals surface area contributed by atoms with Gasteiger partial charge in [0.2, 0.25) is 0 Å². The van der Waals surface area contributed by atoms with Crippen LogP contribution in [-0.4, -0.2) is 40.6 Å². The van der Waals surface area contributed by atoms with Crippen molar-refractivity contribution >= 4 is 33.2 Å². The molecule has 1 aromatic heterocycles. The first-order valence-electron chi connectivity index (χ1n) is 9.01. The number of methoxy groups -OCH3 is 1. The van der Waals surface area contributed by atoms with E-state index in [9.17, 15) is 18.0 Å². The smallest absolute Gasteiger partial charge is 0.321 e. The monoisotopic (exact) mass is 438 g/mol. The molecule has 3 rings (SSSR count). The first-order valence-corrected chi connectivity index (χ1v) is 11.4. The molecule has 0 spiro atoms. The number of rotatable bonds is 10. The molecule has 8 nitrogen and oxygen atoms in total. The number of carbonyl (C=O) groups excluding carboxylic acids is 2. The molecule has 1 aromatic carbocycles. The molecule has 10 heteroatoms. The Morgan fingerprint density at radius 1 is 1.21 bits per heavy atom. The van der Waals surface area contributed by atoms with E-state index in [-0.39, 0.29) is 10.3 Å². The fourth-order valence-electron chi connectivity index (χ4n) is 2.77. The van der Waals surface area contributed by atoms with Gasteiger partial charge >= 0.3 is 5.97 Å². The minimum Gasteiger partial charge on any atom is -0.497 e. The van der Waals surface area contributed by atoms with E-state index in [1.807, 2.05) is 24.3 Å². The Hall–Kier alpha value is -2.43. The van der Waals surface area contributed by atoms with E-state index in [1.165, 1.54) is 6.07 Å². The first-order chi connectivity index (χ1) is 13.9. The number of hydrogen-bond donors (Lipinski definition) is 2. The summed E-state index contributed by atoms with van der Waals surface area (Å²) < 4.78 is 36.2. The van der Waals surface area contributed by atoms with Gasteiger partial charge in [-0.1, -0.05) is 18.2 Å². The van der Waals surface area contributed by atoms with Crippen molar-refractivity contribution < 1.29 is 27.5 Å². The number of amides is 1. The van der Waals surface area contributed by atoms with E-state index < -0.39 is 35.1 Å². The molecule has 29 heavy (non-hydrogen) atoms. The SMILES string of the molecule is COc1ccc(C(NC(=O)COC(=O)CNS(=O)(=O)c2cccs2)C2CC2)cc1. The molecule has 0 aliphatic heterocycles. The molecule has 1 saturated carbocycles. The van der Waals surface area contributed by atoms with Crippen molar-refractivity contribution in [2.75, 3.05) is 20.3 Å². The fraction of sp³-hybridized carbons (Fsp3) is 0.368. The molecule has 1 aliphatic rings. The third-order valence-corrected chi connectivity index (χ3v) is 7.21. The van der Waals surface area contributed by atoms with Crippen LogP contribution < -0.4 is 14.8 Å². The van der Waals surface area contributed by atoms with Crippen molar-refractivity contribution in [3.05, 3.63) is 47.3 Å². The summed E-state index contributed by atoms with van der Waals surface area (Å²) in [6.07, 6.45) is 2.03. The maximum atomic E-state index is 12.2. The van der Waals surface area contributed by atoms with Crippen molar-refractivity contribution in [1.82, 2.24) is 10.0 Å². The Morgan fingerprint density at radius 2 is 1.93 bits per heavy atom. The van der Waals surface area contributed by atoms with Crippen molar-refractivity contribution in [3.8, 4) is 5.75 Å². The average Bonchev–Trinajstić information content (AvgIpc) is 3.40. The number of ether oxygens (including phenoxy) is 2. The number of benzene rings is 1. The Morgan fingerprint density at radius 3 is 2.52 bits per heavy atom. The molecule has 0 saturated heterocycles. The third-order valence-electron chi connectivity index (χ3n) is 4.42. The number of esters is 1. The summed E-state index contributed by atoms with van der Waals surface area (Å²) in [7, 11) is -2.17. The molecule has 0 radical (unpaired) electrons. The highest BCUT2D eigenvalue weighted by atomic mass is 32.2. The van der Waals surface area contributed by atoms with E-state index in [0.29, 0.717) is 5.92 Å². The molecular formula is C19H22N2O6S2. The molecule has 2 N–H and O–H groups in total. The maximum Gasteiger partial charge on any atom is 0.321 e. The highest BCUT2D eigenvalue weighted by molar-refractivity contribution is 7.91. The summed E-state index contributed by atoms with van der Waals surface area (Å²) >= 11 is 1.04. The van der Waals surface area contributed by atoms with Gasteiger partial charge < -0.3 is 14.8 Å². The molecule has 156 valence electrons. The summed E-state index contributed by atoms with van der Waals surface area (Å²) in [5, 5.41) is 4.51. The zero-order valence-corrected chi connectivity index (χ0v) is 17.4. The van der Waals surface area contributed by atoms with Gasteiger partial charge in [0.15, 0.2) is 6.61 Å². The molecule has 1 heterocycles. The largest absolute Gasteiger partial charge is 0.497 e. The van der Waals surface area contributed by atoms with Gasteiger partial charge in [-0.25, -0.2) is 8.42 Å². The van der Waals surface area contributed by atoms with Crippen LogP contribution in [0.5, 0.6) is 5.75 Å². The summed E-state index contributed by atoms with van der Waals surface area (Å²) in [6, 6.07) is 10.3. The lowest BCUT2D eigenvalue weighted by molar-refractivity contribution is -0.147. The maximum absolute atomic E-state index is 12.2. The molecule has 1 aliphatic carbocycles. The van der Waals surface area contributed by atoms with Gasteiger partial charge in [0, 0.05) is 0 Å². The minimum absolute atomic E-state index is 0.106. The van der Waals surface area contributed by atoms with Crippen LogP contribution in [0, 0.1) is 5.92 Å². The van der Waals surface area contributed by atoms with E-state index >= 15 is 0 Å². The lowest BCUT2D eigenvalue weighted by Gasteiger charge is -2.19. The molecular weight excluding hydrogens is 416 g/mol. The summed E-state index contributed by atoms with van der Waals surface area (Å²) in [5.74, 6) is -0.186. The lowest BCUT2D eigenvalue weighted by atomic mass is 10.0. The number of sulfonamides is 1. The first kappa shape index (κ1) is 21.3. The highest BCUT2D eigenvalue weighted by Gasteiger charge is 2.33. The second-order valence-electron chi connectivity index (χ2n) is 6.57. The van der Waals surface area contributed by atoms with E-state index in [2.05, 4.69) is 10.0 Å². The van der Waals surface area contributed by atoms with E-state index in [1.54, 1.807) is 18.6 Å². The van der Waals surface area contributed by atoms with Gasteiger partial charge in [0.05, 0.1) is 13.2 Å². The van der Waals surface area contributed by atoms with Gasteiger partial charge in [-0.15, -0.1) is 11.3 Å². The van der Waals surface area contributed by atoms with Gasteiger partial charge in [-0.2, -0.15) is 4.72 Å². The molecule has 0 bridgehead atoms. The standard InChI is InChI=1S/C19H22N2O6S2/c1-26-15-8-6-14(7-9-15)19(13-4-5-13)21-16(22)12-27-17(23)11-20-29(24,25)18-3-2-10-28-18/h2-3,6-10,13,19-20H,4-5,11-12H2,1H3,(H,21,22). The van der Waals surface area contributed by atoms with Crippen molar-refractivity contribution in [2.24, 2.45) is 5.92 Å². The third kappa shape index (κ3) is 6.02. The van der Waals surface area contributed by atoms with Gasteiger partial charge in [-0.3, -0.25) is 9.59 Å². The molecule has 1 amide bonds. The summed E-state index contributed by atoms with van der Waals surface area (Å²) in [5.41, 5.74) is 0.955. The van der Waals surface area contributed by atoms with Crippen LogP contribution >= 0.6 is 11.3 Å². The number of hydrogen-bond acceptors (Lipinski definition) is 7. The average molecular weight is 439 g/mol. The summed E-state index contributed by atoms with van der Waals surface area (Å²) in [4.78, 5) is 24.0. The van der Waals surface area contributed by atoms with E-state index in [4.69, 9.17) is 9.47 Å². The Labute approximate surface area is 173 Å². The molecule has 2 aromatic rings. The van der Waals surface area contributed by atoms with Gasteiger partial charge in [-0.05, 0) is 47.9 Å². The van der Waals surface area contributed by atoms with Crippen LogP contribution in [0.15, 0.2) is 46.0 Å². The van der Waals surface area contributed by atoms with Crippen LogP contribution in [-0.2, 0) is 24.3 Å². The van der Waals surface area contributed by atoms with Crippen molar-refractivity contribution in [1.29, 1.82) is 0 Å². The second kappa shape index (κ2) is 9.38. The number of thiophene rings is 1. The second-order valence-corrected chi connectivity index (χ2v) is 9.51. The van der Waals surface area contributed by atoms with Gasteiger partial charge in [0.1, 0.15) is 16.5 Å². The lowest BCUT2D eigenvalue weighted by Crippen LogP contribution is -2.35. The Balaban J connectivity index is 1.47. The van der Waals surface area contributed by atoms with Crippen LogP contribution in [0.1, 0.15) is 24.4 Å². The van der Waals surface area contributed by atoms with Crippen molar-refractivity contribution in [3.63, 3.8) is 0 Å². The van der Waals surface area contributed by atoms with Crippen LogP contribution in [0.2, 0.25) is 0 Å². The summed E-state index contributed by atoms with van der Waals surface area (Å²) in [6.45, 7) is -1.02. The molecule has 1 fully saturated rings. The molecule has 1 unspecified atom stereocenters. The van der Waals surface area contributed by atoms with Crippen molar-refractivity contribution in [2.45, 2.75) is 23.1 Å². The quantitative estimate of drug-likeness (QED) is 0.548. The Bertz CT molecular complexity index is 938.